The summed E-state index contributed by atoms with van der Waals surface area (Å²) in [7, 11) is 0. The van der Waals surface area contributed by atoms with Crippen LogP contribution in [-0.2, 0) is 13.1 Å². The van der Waals surface area contributed by atoms with Gasteiger partial charge in [-0.1, -0.05) is 0 Å². The minimum atomic E-state index is -0.397. The number of aliphatic hydroxyl groups is 1. The van der Waals surface area contributed by atoms with Crippen molar-refractivity contribution in [2.24, 2.45) is 0 Å². The van der Waals surface area contributed by atoms with Crippen molar-refractivity contribution >= 4 is 27.3 Å². The van der Waals surface area contributed by atoms with Crippen LogP contribution in [0.4, 0.5) is 11.4 Å². The maximum Gasteiger partial charge on any atom is 0.274 e. The second-order valence-electron chi connectivity index (χ2n) is 4.56. The molecule has 0 saturated heterocycles. The average Bonchev–Trinajstić information content (AvgIpc) is 2.85. The van der Waals surface area contributed by atoms with Gasteiger partial charge in [-0.05, 0) is 28.9 Å². The van der Waals surface area contributed by atoms with Gasteiger partial charge in [-0.15, -0.1) is 0 Å². The van der Waals surface area contributed by atoms with Gasteiger partial charge in [0.15, 0.2) is 0 Å². The lowest BCUT2D eigenvalue weighted by atomic mass is 10.2. The van der Waals surface area contributed by atoms with Gasteiger partial charge in [0.1, 0.15) is 0 Å². The van der Waals surface area contributed by atoms with Gasteiger partial charge in [-0.2, -0.15) is 5.10 Å². The Labute approximate surface area is 129 Å². The Morgan fingerprint density at radius 3 is 2.95 bits per heavy atom. The molecule has 112 valence electrons. The molecule has 0 unspecified atom stereocenters. The lowest BCUT2D eigenvalue weighted by Crippen LogP contribution is -2.03. The predicted octanol–water partition coefficient (Wildman–Crippen LogP) is 2.47. The highest BCUT2D eigenvalue weighted by Gasteiger charge is 2.14. The summed E-state index contributed by atoms with van der Waals surface area (Å²) in [5.74, 6) is 0. The molecule has 0 bridgehead atoms. The average molecular weight is 355 g/mol. The normalized spacial score (nSPS) is 10.6. The molecule has 1 heterocycles. The van der Waals surface area contributed by atoms with E-state index in [2.05, 4.69) is 26.3 Å². The van der Waals surface area contributed by atoms with E-state index < -0.39 is 4.92 Å². The first-order chi connectivity index (χ1) is 10.0. The summed E-state index contributed by atoms with van der Waals surface area (Å²) in [6.07, 6.45) is 3.51. The number of halogens is 1. The molecule has 21 heavy (non-hydrogen) atoms. The zero-order chi connectivity index (χ0) is 15.4. The van der Waals surface area contributed by atoms with Crippen molar-refractivity contribution in [3.8, 4) is 0 Å². The maximum atomic E-state index is 11.0. The van der Waals surface area contributed by atoms with Crippen LogP contribution >= 0.6 is 15.9 Å². The third-order valence-corrected chi connectivity index (χ3v) is 3.64. The van der Waals surface area contributed by atoms with Crippen LogP contribution in [0.15, 0.2) is 29.0 Å². The van der Waals surface area contributed by atoms with Crippen LogP contribution < -0.4 is 5.32 Å². The predicted molar refractivity (Wildman–Crippen MR) is 82.2 cm³/mol. The Morgan fingerprint density at radius 1 is 1.52 bits per heavy atom. The van der Waals surface area contributed by atoms with Crippen molar-refractivity contribution < 1.29 is 10.0 Å². The van der Waals surface area contributed by atoms with Crippen molar-refractivity contribution in [2.45, 2.75) is 20.0 Å². The standard InChI is InChI=1S/C13H15BrN4O3/c1-9-4-11(14)12(5-13(9)18(20)21)15-6-10-7-16-17(8-10)2-3-19/h4-5,7-8,15,19H,2-3,6H2,1H3. The molecule has 0 saturated carbocycles. The third-order valence-electron chi connectivity index (χ3n) is 2.98. The van der Waals surface area contributed by atoms with Crippen molar-refractivity contribution in [1.29, 1.82) is 0 Å². The number of rotatable bonds is 6. The second kappa shape index (κ2) is 6.68. The Balaban J connectivity index is 2.11. The summed E-state index contributed by atoms with van der Waals surface area (Å²) in [6.45, 7) is 2.67. The number of nitro groups is 1. The highest BCUT2D eigenvalue weighted by molar-refractivity contribution is 9.10. The summed E-state index contributed by atoms with van der Waals surface area (Å²) in [5, 5.41) is 27.0. The number of nitrogens with one attached hydrogen (secondary N) is 1. The molecule has 2 rings (SSSR count). The number of hydrogen-bond acceptors (Lipinski definition) is 5. The lowest BCUT2D eigenvalue weighted by molar-refractivity contribution is -0.385. The van der Waals surface area contributed by atoms with Crippen LogP contribution in [0.2, 0.25) is 0 Å². The fraction of sp³-hybridized carbons (Fsp3) is 0.308. The van der Waals surface area contributed by atoms with E-state index in [1.807, 2.05) is 6.20 Å². The molecule has 0 radical (unpaired) electrons. The van der Waals surface area contributed by atoms with Gasteiger partial charge in [0.2, 0.25) is 0 Å². The van der Waals surface area contributed by atoms with E-state index in [1.165, 1.54) is 6.07 Å². The van der Waals surface area contributed by atoms with Gasteiger partial charge < -0.3 is 10.4 Å². The minimum Gasteiger partial charge on any atom is -0.394 e. The summed E-state index contributed by atoms with van der Waals surface area (Å²) in [5.41, 5.74) is 2.27. The van der Waals surface area contributed by atoms with Crippen molar-refractivity contribution in [3.63, 3.8) is 0 Å². The second-order valence-corrected chi connectivity index (χ2v) is 5.42. The van der Waals surface area contributed by atoms with Gasteiger partial charge in [-0.3, -0.25) is 14.8 Å². The monoisotopic (exact) mass is 354 g/mol. The molecule has 7 nitrogen and oxygen atoms in total. The van der Waals surface area contributed by atoms with Crippen molar-refractivity contribution in [2.75, 3.05) is 11.9 Å². The highest BCUT2D eigenvalue weighted by atomic mass is 79.9. The fourth-order valence-corrected chi connectivity index (χ4v) is 2.51. The molecule has 2 aromatic rings. The number of hydrogen-bond donors (Lipinski definition) is 2. The Hall–Kier alpha value is -1.93. The van der Waals surface area contributed by atoms with E-state index in [0.29, 0.717) is 24.3 Å². The zero-order valence-corrected chi connectivity index (χ0v) is 13.0. The number of benzene rings is 1. The van der Waals surface area contributed by atoms with Crippen LogP contribution in [0.25, 0.3) is 0 Å². The highest BCUT2D eigenvalue weighted by Crippen LogP contribution is 2.30. The number of nitrogens with zero attached hydrogens (tertiary/aromatic N) is 3. The van der Waals surface area contributed by atoms with Crippen LogP contribution in [0.5, 0.6) is 0 Å². The lowest BCUT2D eigenvalue weighted by Gasteiger charge is -2.08. The van der Waals surface area contributed by atoms with Gasteiger partial charge >= 0.3 is 0 Å². The summed E-state index contributed by atoms with van der Waals surface area (Å²) >= 11 is 3.40. The fourth-order valence-electron chi connectivity index (χ4n) is 1.91. The first-order valence-electron chi connectivity index (χ1n) is 6.32. The van der Waals surface area contributed by atoms with Crippen molar-refractivity contribution in [3.05, 3.63) is 50.2 Å². The number of anilines is 1. The Kier molecular flexibility index (Phi) is 4.92. The molecule has 8 heteroatoms. The molecular weight excluding hydrogens is 340 g/mol. The van der Waals surface area contributed by atoms with E-state index in [9.17, 15) is 10.1 Å². The van der Waals surface area contributed by atoms with Crippen LogP contribution in [0.1, 0.15) is 11.1 Å². The van der Waals surface area contributed by atoms with Crippen molar-refractivity contribution in [1.82, 2.24) is 9.78 Å². The van der Waals surface area contributed by atoms with Crippen LogP contribution in [0.3, 0.4) is 0 Å². The number of aryl methyl sites for hydroxylation is 1. The molecule has 0 amide bonds. The topological polar surface area (TPSA) is 93.2 Å². The van der Waals surface area contributed by atoms with Gasteiger partial charge in [0.05, 0.1) is 30.0 Å². The largest absolute Gasteiger partial charge is 0.394 e. The smallest absolute Gasteiger partial charge is 0.274 e. The van der Waals surface area contributed by atoms with Gasteiger partial charge in [0, 0.05) is 34.4 Å². The van der Waals surface area contributed by atoms with E-state index in [1.54, 1.807) is 23.9 Å². The van der Waals surface area contributed by atoms with Crippen LogP contribution in [0, 0.1) is 17.0 Å². The molecule has 0 aliphatic heterocycles. The Bertz CT molecular complexity index is 657. The maximum absolute atomic E-state index is 11.0. The SMILES string of the molecule is Cc1cc(Br)c(NCc2cnn(CCO)c2)cc1[N+](=O)[O-]. The summed E-state index contributed by atoms with van der Waals surface area (Å²) in [6, 6.07) is 3.23. The van der Waals surface area contributed by atoms with Gasteiger partial charge in [0.25, 0.3) is 5.69 Å². The van der Waals surface area contributed by atoms with E-state index >= 15 is 0 Å². The zero-order valence-electron chi connectivity index (χ0n) is 11.4. The molecule has 0 aliphatic carbocycles. The van der Waals surface area contributed by atoms with Gasteiger partial charge in [-0.25, -0.2) is 0 Å². The quantitative estimate of drug-likeness (QED) is 0.613. The molecule has 0 fully saturated rings. The molecular formula is C13H15BrN4O3. The molecule has 0 atom stereocenters. The summed E-state index contributed by atoms with van der Waals surface area (Å²) in [4.78, 5) is 10.6. The molecule has 0 spiro atoms. The molecule has 0 aliphatic rings. The first-order valence-corrected chi connectivity index (χ1v) is 7.11. The summed E-state index contributed by atoms with van der Waals surface area (Å²) < 4.78 is 2.41. The number of aromatic nitrogens is 2. The molecule has 2 N–H and O–H groups in total. The van der Waals surface area contributed by atoms with Crippen LogP contribution in [-0.4, -0.2) is 26.4 Å². The minimum absolute atomic E-state index is 0.0320. The number of nitro benzene ring substituents is 1. The number of aliphatic hydroxyl groups excluding tert-OH is 1. The van der Waals surface area contributed by atoms with E-state index in [0.717, 1.165) is 10.0 Å². The molecule has 1 aromatic carbocycles. The Morgan fingerprint density at radius 2 is 2.29 bits per heavy atom. The van der Waals surface area contributed by atoms with E-state index in [4.69, 9.17) is 5.11 Å². The third kappa shape index (κ3) is 3.79. The molecule has 1 aromatic heterocycles. The van der Waals surface area contributed by atoms with E-state index in [-0.39, 0.29) is 12.3 Å². The first kappa shape index (κ1) is 15.5.